The van der Waals surface area contributed by atoms with Gasteiger partial charge in [-0.15, -0.1) is 0 Å². The fourth-order valence-corrected chi connectivity index (χ4v) is 9.68. The molecule has 0 fully saturated rings. The molecule has 0 aliphatic rings. The first-order valence-corrected chi connectivity index (χ1v) is 13.6. The Balaban J connectivity index is 1.70. The first-order valence-electron chi connectivity index (χ1n) is 10.5. The van der Waals surface area contributed by atoms with Crippen LogP contribution in [0.4, 0.5) is 0 Å². The summed E-state index contributed by atoms with van der Waals surface area (Å²) in [4.78, 5) is 0. The van der Waals surface area contributed by atoms with Gasteiger partial charge < -0.3 is 0 Å². The Morgan fingerprint density at radius 3 is 1.13 bits per heavy atom. The number of hydrogen-bond donors (Lipinski definition) is 0. The Hall–Kier alpha value is -2.26. The molecular formula is C28H28P2. The average Bonchev–Trinajstić information content (AvgIpc) is 2.80. The first-order chi connectivity index (χ1) is 14.7. The maximum Gasteiger partial charge on any atom is -0.0166 e. The Labute approximate surface area is 183 Å². The van der Waals surface area contributed by atoms with Crippen molar-refractivity contribution in [1.82, 2.24) is 0 Å². The third kappa shape index (κ3) is 4.89. The Bertz CT molecular complexity index is 985. The van der Waals surface area contributed by atoms with Gasteiger partial charge in [0.2, 0.25) is 0 Å². The highest BCUT2D eigenvalue weighted by Crippen LogP contribution is 2.42. The molecule has 2 unspecified atom stereocenters. The minimum Gasteiger partial charge on any atom is -0.0622 e. The summed E-state index contributed by atoms with van der Waals surface area (Å²) in [5.41, 5.74) is 2.82. The summed E-state index contributed by atoms with van der Waals surface area (Å²) in [6, 6.07) is 40.2. The van der Waals surface area contributed by atoms with E-state index in [1.165, 1.54) is 44.7 Å². The van der Waals surface area contributed by atoms with Crippen molar-refractivity contribution < 1.29 is 0 Å². The predicted octanol–water partition coefficient (Wildman–Crippen LogP) is 5.87. The van der Waals surface area contributed by atoms with Gasteiger partial charge >= 0.3 is 0 Å². The standard InChI is InChI=1S/C28H28P2/c1-23-13-9-11-19-27(23)29(25-15-5-3-6-16-25)21-22-30(26-17-7-4-8-18-26)28-20-12-10-14-24(28)2/h3-20H,21-22H2,1-2H3. The normalized spacial score (nSPS) is 13.0. The van der Waals surface area contributed by atoms with Crippen LogP contribution in [-0.4, -0.2) is 12.3 Å². The van der Waals surface area contributed by atoms with Crippen molar-refractivity contribution >= 4 is 37.1 Å². The van der Waals surface area contributed by atoms with E-state index in [1.54, 1.807) is 0 Å². The first kappa shape index (κ1) is 21.0. The van der Waals surface area contributed by atoms with Gasteiger partial charge in [-0.2, -0.15) is 0 Å². The second-order valence-corrected chi connectivity index (χ2v) is 12.2. The third-order valence-corrected chi connectivity index (χ3v) is 11.2. The highest BCUT2D eigenvalue weighted by atomic mass is 31.1. The van der Waals surface area contributed by atoms with E-state index in [0.717, 1.165) is 0 Å². The Morgan fingerprint density at radius 2 is 0.767 bits per heavy atom. The molecule has 2 heteroatoms. The molecule has 150 valence electrons. The van der Waals surface area contributed by atoms with Crippen LogP contribution in [0.2, 0.25) is 0 Å². The third-order valence-electron chi connectivity index (χ3n) is 5.50. The van der Waals surface area contributed by atoms with Crippen LogP contribution in [0.25, 0.3) is 0 Å². The molecule has 0 saturated heterocycles. The van der Waals surface area contributed by atoms with Gasteiger partial charge in [0.05, 0.1) is 0 Å². The molecule has 4 aromatic carbocycles. The van der Waals surface area contributed by atoms with Crippen molar-refractivity contribution in [2.45, 2.75) is 13.8 Å². The lowest BCUT2D eigenvalue weighted by Gasteiger charge is -2.25. The largest absolute Gasteiger partial charge is 0.0622 e. The average molecular weight is 426 g/mol. The maximum absolute atomic E-state index is 2.34. The van der Waals surface area contributed by atoms with Crippen molar-refractivity contribution in [1.29, 1.82) is 0 Å². The van der Waals surface area contributed by atoms with Crippen molar-refractivity contribution in [2.24, 2.45) is 0 Å². The van der Waals surface area contributed by atoms with Crippen LogP contribution in [0.1, 0.15) is 11.1 Å². The van der Waals surface area contributed by atoms with Crippen LogP contribution < -0.4 is 21.2 Å². The second-order valence-electron chi connectivity index (χ2n) is 7.55. The fourth-order valence-electron chi connectivity index (χ4n) is 3.93. The van der Waals surface area contributed by atoms with E-state index in [4.69, 9.17) is 0 Å². The molecule has 0 aliphatic heterocycles. The van der Waals surface area contributed by atoms with E-state index < -0.39 is 0 Å². The van der Waals surface area contributed by atoms with Crippen LogP contribution in [0.3, 0.4) is 0 Å². The number of aryl methyl sites for hydroxylation is 2. The van der Waals surface area contributed by atoms with Crippen LogP contribution in [-0.2, 0) is 0 Å². The van der Waals surface area contributed by atoms with Gasteiger partial charge in [0.25, 0.3) is 0 Å². The second kappa shape index (κ2) is 10.2. The van der Waals surface area contributed by atoms with Crippen LogP contribution in [0, 0.1) is 13.8 Å². The highest BCUT2D eigenvalue weighted by Gasteiger charge is 2.21. The molecule has 0 bridgehead atoms. The molecule has 4 aromatic rings. The summed E-state index contributed by atoms with van der Waals surface area (Å²) >= 11 is 0. The van der Waals surface area contributed by atoms with Gasteiger partial charge in [0, 0.05) is 0 Å². The molecule has 2 atom stereocenters. The van der Waals surface area contributed by atoms with Gasteiger partial charge in [0.15, 0.2) is 0 Å². The predicted molar refractivity (Wildman–Crippen MR) is 137 cm³/mol. The minimum atomic E-state index is -0.378. The summed E-state index contributed by atoms with van der Waals surface area (Å²) in [6.45, 7) is 4.52. The van der Waals surface area contributed by atoms with E-state index in [1.807, 2.05) is 0 Å². The Morgan fingerprint density at radius 1 is 0.433 bits per heavy atom. The lowest BCUT2D eigenvalue weighted by Crippen LogP contribution is -2.22. The topological polar surface area (TPSA) is 0 Å². The summed E-state index contributed by atoms with van der Waals surface area (Å²) in [7, 11) is -0.757. The van der Waals surface area contributed by atoms with Crippen molar-refractivity contribution in [3.63, 3.8) is 0 Å². The van der Waals surface area contributed by atoms with Gasteiger partial charge in [-0.3, -0.25) is 0 Å². The SMILES string of the molecule is Cc1ccccc1P(CCP(c1ccccc1)c1ccccc1C)c1ccccc1. The molecule has 0 N–H and O–H groups in total. The van der Waals surface area contributed by atoms with Crippen LogP contribution >= 0.6 is 15.8 Å². The van der Waals surface area contributed by atoms with Gasteiger partial charge in [-0.05, 0) is 74.4 Å². The van der Waals surface area contributed by atoms with Gasteiger partial charge in [-0.1, -0.05) is 109 Å². The van der Waals surface area contributed by atoms with E-state index in [9.17, 15) is 0 Å². The molecule has 0 aliphatic carbocycles. The summed E-state index contributed by atoms with van der Waals surface area (Å²) in [5.74, 6) is 0. The van der Waals surface area contributed by atoms with Crippen molar-refractivity contribution in [2.75, 3.05) is 12.3 Å². The molecule has 0 aromatic heterocycles. The Kier molecular flexibility index (Phi) is 7.11. The van der Waals surface area contributed by atoms with E-state index >= 15 is 0 Å². The van der Waals surface area contributed by atoms with E-state index in [2.05, 4.69) is 123 Å². The zero-order valence-corrected chi connectivity index (χ0v) is 19.5. The van der Waals surface area contributed by atoms with E-state index in [0.29, 0.717) is 0 Å². The van der Waals surface area contributed by atoms with Crippen LogP contribution in [0.15, 0.2) is 109 Å². The molecule has 0 radical (unpaired) electrons. The lowest BCUT2D eigenvalue weighted by molar-refractivity contribution is 1.47. The molecule has 4 rings (SSSR count). The van der Waals surface area contributed by atoms with Crippen molar-refractivity contribution in [3.8, 4) is 0 Å². The molecular weight excluding hydrogens is 398 g/mol. The zero-order valence-electron chi connectivity index (χ0n) is 17.7. The molecule has 0 nitrogen and oxygen atoms in total. The minimum absolute atomic E-state index is 0.378. The number of benzene rings is 4. The van der Waals surface area contributed by atoms with E-state index in [-0.39, 0.29) is 15.8 Å². The fraction of sp³-hybridized carbons (Fsp3) is 0.143. The molecule has 0 saturated carbocycles. The van der Waals surface area contributed by atoms with Gasteiger partial charge in [-0.25, -0.2) is 0 Å². The summed E-state index contributed by atoms with van der Waals surface area (Å²) < 4.78 is 0. The summed E-state index contributed by atoms with van der Waals surface area (Å²) in [6.07, 6.45) is 2.41. The number of rotatable bonds is 7. The molecule has 0 amide bonds. The highest BCUT2D eigenvalue weighted by molar-refractivity contribution is 7.76. The smallest absolute Gasteiger partial charge is 0.0166 e. The van der Waals surface area contributed by atoms with Crippen LogP contribution in [0.5, 0.6) is 0 Å². The van der Waals surface area contributed by atoms with Crippen molar-refractivity contribution in [3.05, 3.63) is 120 Å². The maximum atomic E-state index is 2.34. The zero-order chi connectivity index (χ0) is 20.8. The molecule has 0 spiro atoms. The molecule has 0 heterocycles. The molecule has 30 heavy (non-hydrogen) atoms. The number of hydrogen-bond acceptors (Lipinski definition) is 0. The monoisotopic (exact) mass is 426 g/mol. The summed E-state index contributed by atoms with van der Waals surface area (Å²) in [5, 5.41) is 6.00. The van der Waals surface area contributed by atoms with Gasteiger partial charge in [0.1, 0.15) is 0 Å². The quantitative estimate of drug-likeness (QED) is 0.324. The lowest BCUT2D eigenvalue weighted by atomic mass is 10.2.